The number of rotatable bonds is 2. The number of nitrogens with zero attached hydrogens (tertiary/aromatic N) is 1. The largest absolute Gasteiger partial charge is 0.334 e. The summed E-state index contributed by atoms with van der Waals surface area (Å²) in [7, 11) is 0. The van der Waals surface area contributed by atoms with Crippen LogP contribution in [0.2, 0.25) is 0 Å². The molecule has 1 aliphatic rings. The highest BCUT2D eigenvalue weighted by atomic mass is 32.2. The smallest absolute Gasteiger partial charge is 0.282 e. The third kappa shape index (κ3) is 3.29. The predicted molar refractivity (Wildman–Crippen MR) is 77.9 cm³/mol. The maximum atomic E-state index is 13.0. The molecule has 0 aliphatic carbocycles. The minimum absolute atomic E-state index is 0.128. The summed E-state index contributed by atoms with van der Waals surface area (Å²) in [5.74, 6) is 0. The second-order valence-corrected chi connectivity index (χ2v) is 5.75. The first-order valence-corrected chi connectivity index (χ1v) is 6.26. The van der Waals surface area contributed by atoms with Crippen LogP contribution < -0.4 is 0 Å². The van der Waals surface area contributed by atoms with Crippen molar-refractivity contribution in [3.8, 4) is 0 Å². The number of hydrogen-bond acceptors (Lipinski definition) is 2. The zero-order chi connectivity index (χ0) is 22.0. The number of thioether (sulfide) groups is 1. The predicted octanol–water partition coefficient (Wildman–Crippen LogP) is 4.26. The van der Waals surface area contributed by atoms with E-state index in [-0.39, 0.29) is 4.90 Å². The number of carbonyl (C=O) groups is 1. The van der Waals surface area contributed by atoms with Gasteiger partial charge >= 0.3 is 0 Å². The van der Waals surface area contributed by atoms with Crippen LogP contribution in [-0.2, 0) is 4.75 Å². The highest BCUT2D eigenvalue weighted by Crippen LogP contribution is 2.37. The van der Waals surface area contributed by atoms with Crippen LogP contribution in [0.15, 0.2) is 30.3 Å². The van der Waals surface area contributed by atoms with Crippen molar-refractivity contribution in [3.63, 3.8) is 0 Å². The second-order valence-electron chi connectivity index (χ2n) is 4.18. The van der Waals surface area contributed by atoms with Gasteiger partial charge in [-0.15, -0.1) is 0 Å². The van der Waals surface area contributed by atoms with E-state index in [1.54, 1.807) is 44.2 Å². The lowest BCUT2D eigenvalue weighted by atomic mass is 10.0. The zero-order valence-corrected chi connectivity index (χ0v) is 11.0. The number of likely N-dealkylation sites (tertiary alicyclic amines) is 1. The molecule has 0 spiro atoms. The quantitative estimate of drug-likeness (QED) is 0.802. The fourth-order valence-electron chi connectivity index (χ4n) is 1.48. The summed E-state index contributed by atoms with van der Waals surface area (Å²) in [5.41, 5.74) is 0.674. The average Bonchev–Trinajstić information content (AvgIpc) is 2.53. The van der Waals surface area contributed by atoms with Gasteiger partial charge in [-0.3, -0.25) is 4.79 Å². The molecule has 18 heavy (non-hydrogen) atoms. The number of amides is 1. The molecule has 0 unspecified atom stereocenters. The van der Waals surface area contributed by atoms with Gasteiger partial charge < -0.3 is 4.90 Å². The molecule has 1 saturated heterocycles. The van der Waals surface area contributed by atoms with Crippen LogP contribution in [0, 0.1) is 0 Å². The number of piperidine rings is 1. The standard InChI is InChI=1S/C15H21NOS/c1-15(2,13-9-5-3-6-10-13)18-14(17)16-11-7-4-8-12-16/h3,5-6,9-10H,4,7-8,11-12H2,1-2H3/i4D2,7D2,8D2,11D2,12D2. The van der Waals surface area contributed by atoms with Gasteiger partial charge in [0.15, 0.2) is 0 Å². The third-order valence-corrected chi connectivity index (χ3v) is 3.56. The Hall–Kier alpha value is -0.960. The molecule has 3 heteroatoms. The lowest BCUT2D eigenvalue weighted by Crippen LogP contribution is -2.34. The lowest BCUT2D eigenvalue weighted by molar-refractivity contribution is 0.211. The molecule has 0 saturated carbocycles. The van der Waals surface area contributed by atoms with Crippen LogP contribution in [-0.4, -0.2) is 23.1 Å². The van der Waals surface area contributed by atoms with Gasteiger partial charge in [0.25, 0.3) is 5.24 Å². The third-order valence-electron chi connectivity index (χ3n) is 2.45. The highest BCUT2D eigenvalue weighted by Gasteiger charge is 2.28. The van der Waals surface area contributed by atoms with E-state index < -0.39 is 42.1 Å². The zero-order valence-electron chi connectivity index (χ0n) is 20.2. The molecular formula is C15H21NOS. The van der Waals surface area contributed by atoms with Gasteiger partial charge in [0, 0.05) is 31.4 Å². The average molecular weight is 273 g/mol. The number of benzene rings is 1. The Kier molecular flexibility index (Phi) is 1.79. The Balaban J connectivity index is 2.55. The van der Waals surface area contributed by atoms with E-state index in [9.17, 15) is 4.79 Å². The van der Waals surface area contributed by atoms with Gasteiger partial charge in [-0.25, -0.2) is 0 Å². The Morgan fingerprint density at radius 3 is 2.44 bits per heavy atom. The first kappa shape index (κ1) is 5.58. The topological polar surface area (TPSA) is 20.3 Å². The van der Waals surface area contributed by atoms with Crippen molar-refractivity contribution in [3.05, 3.63) is 35.9 Å². The van der Waals surface area contributed by atoms with E-state index in [4.69, 9.17) is 13.7 Å². The van der Waals surface area contributed by atoms with Crippen molar-refractivity contribution in [2.24, 2.45) is 0 Å². The van der Waals surface area contributed by atoms with Crippen molar-refractivity contribution in [1.82, 2.24) is 4.90 Å². The minimum Gasteiger partial charge on any atom is -0.334 e. The monoisotopic (exact) mass is 273 g/mol. The fraction of sp³-hybridized carbons (Fsp3) is 0.533. The summed E-state index contributed by atoms with van der Waals surface area (Å²) >= 11 is 0.519. The van der Waals surface area contributed by atoms with Crippen LogP contribution in [0.4, 0.5) is 4.79 Å². The van der Waals surface area contributed by atoms with Gasteiger partial charge in [0.1, 0.15) is 0 Å². The van der Waals surface area contributed by atoms with Gasteiger partial charge in [-0.2, -0.15) is 0 Å². The van der Waals surface area contributed by atoms with E-state index in [1.807, 2.05) is 0 Å². The van der Waals surface area contributed by atoms with E-state index in [0.717, 1.165) is 0 Å². The molecule has 98 valence electrons. The van der Waals surface area contributed by atoms with E-state index in [1.165, 1.54) is 0 Å². The molecule has 0 bridgehead atoms. The maximum Gasteiger partial charge on any atom is 0.282 e. The van der Waals surface area contributed by atoms with Crippen LogP contribution in [0.25, 0.3) is 0 Å². The Morgan fingerprint density at radius 2 is 1.83 bits per heavy atom. The molecule has 2 rings (SSSR count). The highest BCUT2D eigenvalue weighted by molar-refractivity contribution is 8.14. The van der Waals surface area contributed by atoms with Crippen LogP contribution >= 0.6 is 11.8 Å². The van der Waals surface area contributed by atoms with Crippen molar-refractivity contribution < 1.29 is 18.5 Å². The summed E-state index contributed by atoms with van der Waals surface area (Å²) in [6.07, 6.45) is -10.6. The van der Waals surface area contributed by atoms with Crippen molar-refractivity contribution in [2.45, 2.75) is 37.7 Å². The number of hydrogen-bond donors (Lipinski definition) is 0. The molecule has 1 aromatic rings. The Morgan fingerprint density at radius 1 is 1.22 bits per heavy atom. The van der Waals surface area contributed by atoms with Crippen LogP contribution in [0.1, 0.15) is 52.2 Å². The molecule has 0 atom stereocenters. The second kappa shape index (κ2) is 5.79. The van der Waals surface area contributed by atoms with Gasteiger partial charge in [0.05, 0.1) is 0 Å². The van der Waals surface area contributed by atoms with Crippen LogP contribution in [0.3, 0.4) is 0 Å². The lowest BCUT2D eigenvalue weighted by Gasteiger charge is -2.30. The Labute approximate surface area is 128 Å². The molecule has 1 fully saturated rings. The normalized spacial score (nSPS) is 38.9. The van der Waals surface area contributed by atoms with Gasteiger partial charge in [0.2, 0.25) is 0 Å². The molecule has 1 aromatic carbocycles. The van der Waals surface area contributed by atoms with Crippen LogP contribution in [0.5, 0.6) is 0 Å². The van der Waals surface area contributed by atoms with Gasteiger partial charge in [-0.1, -0.05) is 42.1 Å². The molecular weight excluding hydrogens is 242 g/mol. The van der Waals surface area contributed by atoms with Crippen molar-refractivity contribution >= 4 is 17.0 Å². The first-order valence-electron chi connectivity index (χ1n) is 10.4. The summed E-state index contributed by atoms with van der Waals surface area (Å²) in [6, 6.07) is 8.66. The molecule has 1 aliphatic heterocycles. The fourth-order valence-corrected chi connectivity index (χ4v) is 2.35. The maximum absolute atomic E-state index is 13.0. The first-order chi connectivity index (χ1) is 12.4. The van der Waals surface area contributed by atoms with E-state index in [0.29, 0.717) is 17.3 Å². The van der Waals surface area contributed by atoms with Crippen molar-refractivity contribution in [1.29, 1.82) is 0 Å². The molecule has 1 heterocycles. The summed E-state index contributed by atoms with van der Waals surface area (Å²) in [4.78, 5) is 12.8. The molecule has 0 N–H and O–H groups in total. The summed E-state index contributed by atoms with van der Waals surface area (Å²) < 4.78 is 78.4. The summed E-state index contributed by atoms with van der Waals surface area (Å²) in [6.45, 7) is -3.60. The van der Waals surface area contributed by atoms with E-state index in [2.05, 4.69) is 0 Å². The molecule has 0 radical (unpaired) electrons. The van der Waals surface area contributed by atoms with Crippen molar-refractivity contribution in [2.75, 3.05) is 13.0 Å². The molecule has 0 aromatic heterocycles. The number of carbonyl (C=O) groups excluding carboxylic acids is 1. The van der Waals surface area contributed by atoms with Gasteiger partial charge in [-0.05, 0) is 38.5 Å². The Bertz CT molecular complexity index is 735. The SMILES string of the molecule is [2H]C1([2H])N(C(=O)SC(C)(C)c2ccccc2)C([2H])([2H])C([2H])([2H])C([2H])([2H])C1([2H])[2H]. The molecule has 2 nitrogen and oxygen atoms in total. The van der Waals surface area contributed by atoms with E-state index >= 15 is 0 Å². The summed E-state index contributed by atoms with van der Waals surface area (Å²) in [5, 5.41) is -1.23. The minimum atomic E-state index is -3.54. The molecule has 1 amide bonds.